The predicted molar refractivity (Wildman–Crippen MR) is 57.5 cm³/mol. The number of aldehydes is 1. The number of hydrogen-bond donors (Lipinski definition) is 1. The van der Waals surface area contributed by atoms with Gasteiger partial charge in [0.1, 0.15) is 6.29 Å². The van der Waals surface area contributed by atoms with Gasteiger partial charge in [0.25, 0.3) is 0 Å². The first-order chi connectivity index (χ1) is 6.72. The summed E-state index contributed by atoms with van der Waals surface area (Å²) in [4.78, 5) is 13.8. The van der Waals surface area contributed by atoms with E-state index in [9.17, 15) is 4.79 Å². The van der Waals surface area contributed by atoms with Crippen LogP contribution in [-0.4, -0.2) is 11.3 Å². The van der Waals surface area contributed by atoms with Gasteiger partial charge in [-0.25, -0.2) is 0 Å². The van der Waals surface area contributed by atoms with Crippen LogP contribution in [0, 0.1) is 13.8 Å². The molecule has 2 aromatic rings. The van der Waals surface area contributed by atoms with E-state index in [1.807, 2.05) is 6.92 Å². The van der Waals surface area contributed by atoms with Gasteiger partial charge in [0, 0.05) is 23.0 Å². The second-order valence-corrected chi connectivity index (χ2v) is 3.65. The fourth-order valence-electron chi connectivity index (χ4n) is 1.84. The highest BCUT2D eigenvalue weighted by molar-refractivity contribution is 5.87. The Hall–Kier alpha value is -1.57. The molecule has 0 aliphatic carbocycles. The molecule has 2 heteroatoms. The molecule has 1 heterocycles. The van der Waals surface area contributed by atoms with Gasteiger partial charge in [-0.05, 0) is 31.5 Å². The van der Waals surface area contributed by atoms with Gasteiger partial charge in [0.2, 0.25) is 0 Å². The van der Waals surface area contributed by atoms with Gasteiger partial charge in [0.05, 0.1) is 0 Å². The lowest BCUT2D eigenvalue weighted by molar-refractivity contribution is -0.107. The Labute approximate surface area is 82.9 Å². The summed E-state index contributed by atoms with van der Waals surface area (Å²) < 4.78 is 0. The van der Waals surface area contributed by atoms with Gasteiger partial charge in [-0.15, -0.1) is 0 Å². The second kappa shape index (κ2) is 3.29. The number of carbonyl (C=O) groups excluding carboxylic acids is 1. The first-order valence-corrected chi connectivity index (χ1v) is 4.74. The Balaban J connectivity index is 2.72. The highest BCUT2D eigenvalue weighted by atomic mass is 16.1. The molecule has 72 valence electrons. The molecule has 0 aliphatic rings. The number of fused-ring (bicyclic) bond motifs is 1. The highest BCUT2D eigenvalue weighted by Crippen LogP contribution is 2.23. The molecule has 1 aromatic heterocycles. The number of carbonyl (C=O) groups is 1. The van der Waals surface area contributed by atoms with Crippen molar-refractivity contribution < 1.29 is 4.79 Å². The van der Waals surface area contributed by atoms with Crippen molar-refractivity contribution in [3.8, 4) is 0 Å². The molecule has 2 nitrogen and oxygen atoms in total. The molecule has 0 spiro atoms. The van der Waals surface area contributed by atoms with Crippen LogP contribution < -0.4 is 0 Å². The van der Waals surface area contributed by atoms with Crippen molar-refractivity contribution in [3.63, 3.8) is 0 Å². The lowest BCUT2D eigenvalue weighted by Crippen LogP contribution is -1.86. The number of H-pyrrole nitrogens is 1. The summed E-state index contributed by atoms with van der Waals surface area (Å²) >= 11 is 0. The van der Waals surface area contributed by atoms with E-state index in [4.69, 9.17) is 0 Å². The standard InChI is InChI=1S/C12H13NO/c1-8-3-4-12-11(7-8)10(5-6-14)9(2)13-12/h3-4,6-7,13H,5H2,1-2H3. The van der Waals surface area contributed by atoms with Crippen LogP contribution in [0.5, 0.6) is 0 Å². The van der Waals surface area contributed by atoms with E-state index in [0.717, 1.165) is 23.1 Å². The minimum atomic E-state index is 0.495. The van der Waals surface area contributed by atoms with Crippen LogP contribution in [0.2, 0.25) is 0 Å². The molecule has 0 saturated heterocycles. The molecule has 0 fully saturated rings. The van der Waals surface area contributed by atoms with Crippen LogP contribution >= 0.6 is 0 Å². The van der Waals surface area contributed by atoms with Crippen LogP contribution in [0.1, 0.15) is 16.8 Å². The third kappa shape index (κ3) is 1.33. The van der Waals surface area contributed by atoms with E-state index in [0.29, 0.717) is 6.42 Å². The first-order valence-electron chi connectivity index (χ1n) is 4.74. The Morgan fingerprint density at radius 1 is 1.36 bits per heavy atom. The van der Waals surface area contributed by atoms with Crippen molar-refractivity contribution in [2.75, 3.05) is 0 Å². The van der Waals surface area contributed by atoms with Crippen LogP contribution in [-0.2, 0) is 11.2 Å². The van der Waals surface area contributed by atoms with E-state index < -0.39 is 0 Å². The molecule has 0 amide bonds. The van der Waals surface area contributed by atoms with E-state index in [2.05, 4.69) is 30.1 Å². The molecule has 1 N–H and O–H groups in total. The number of hydrogen-bond acceptors (Lipinski definition) is 1. The molecule has 14 heavy (non-hydrogen) atoms. The van der Waals surface area contributed by atoms with E-state index >= 15 is 0 Å². The fourth-order valence-corrected chi connectivity index (χ4v) is 1.84. The van der Waals surface area contributed by atoms with E-state index in [1.165, 1.54) is 10.9 Å². The maximum absolute atomic E-state index is 10.5. The second-order valence-electron chi connectivity index (χ2n) is 3.65. The van der Waals surface area contributed by atoms with Crippen molar-refractivity contribution >= 4 is 17.2 Å². The van der Waals surface area contributed by atoms with E-state index in [-0.39, 0.29) is 0 Å². The molecule has 0 atom stereocenters. The number of aromatic nitrogens is 1. The lowest BCUT2D eigenvalue weighted by Gasteiger charge is -1.96. The summed E-state index contributed by atoms with van der Waals surface area (Å²) in [6.45, 7) is 4.07. The third-order valence-corrected chi connectivity index (χ3v) is 2.56. The maximum atomic E-state index is 10.5. The highest BCUT2D eigenvalue weighted by Gasteiger charge is 2.07. The van der Waals surface area contributed by atoms with Crippen LogP contribution in [0.15, 0.2) is 18.2 Å². The van der Waals surface area contributed by atoms with Crippen LogP contribution in [0.4, 0.5) is 0 Å². The lowest BCUT2D eigenvalue weighted by atomic mass is 10.1. The van der Waals surface area contributed by atoms with Gasteiger partial charge in [-0.1, -0.05) is 11.6 Å². The first kappa shape index (κ1) is 9.00. The largest absolute Gasteiger partial charge is 0.358 e. The molecular weight excluding hydrogens is 174 g/mol. The minimum absolute atomic E-state index is 0.495. The monoisotopic (exact) mass is 187 g/mol. The van der Waals surface area contributed by atoms with Crippen molar-refractivity contribution in [2.24, 2.45) is 0 Å². The number of nitrogens with one attached hydrogen (secondary N) is 1. The van der Waals surface area contributed by atoms with Crippen molar-refractivity contribution in [2.45, 2.75) is 20.3 Å². The van der Waals surface area contributed by atoms with Crippen molar-refractivity contribution in [3.05, 3.63) is 35.0 Å². The Morgan fingerprint density at radius 2 is 2.14 bits per heavy atom. The predicted octanol–water partition coefficient (Wildman–Crippen LogP) is 2.53. The zero-order chi connectivity index (χ0) is 10.1. The maximum Gasteiger partial charge on any atom is 0.124 e. The Morgan fingerprint density at radius 3 is 2.86 bits per heavy atom. The SMILES string of the molecule is Cc1ccc2[nH]c(C)c(CC=O)c2c1. The topological polar surface area (TPSA) is 32.9 Å². The fraction of sp³-hybridized carbons (Fsp3) is 0.250. The quantitative estimate of drug-likeness (QED) is 0.720. The summed E-state index contributed by atoms with van der Waals surface area (Å²) in [5, 5.41) is 1.18. The van der Waals surface area contributed by atoms with E-state index in [1.54, 1.807) is 0 Å². The summed E-state index contributed by atoms with van der Waals surface area (Å²) in [6, 6.07) is 6.26. The number of aromatic amines is 1. The van der Waals surface area contributed by atoms with Gasteiger partial charge < -0.3 is 9.78 Å². The Bertz CT molecular complexity index is 482. The molecule has 0 radical (unpaired) electrons. The summed E-state index contributed by atoms with van der Waals surface area (Å²) in [5.41, 5.74) is 4.56. The van der Waals surface area contributed by atoms with Gasteiger partial charge in [-0.2, -0.15) is 0 Å². The Kier molecular flexibility index (Phi) is 2.12. The molecule has 0 aliphatic heterocycles. The van der Waals surface area contributed by atoms with Crippen molar-refractivity contribution in [1.82, 2.24) is 4.98 Å². The summed E-state index contributed by atoms with van der Waals surface area (Å²) in [5.74, 6) is 0. The van der Waals surface area contributed by atoms with Crippen LogP contribution in [0.25, 0.3) is 10.9 Å². The van der Waals surface area contributed by atoms with Gasteiger partial charge in [0.15, 0.2) is 0 Å². The third-order valence-electron chi connectivity index (χ3n) is 2.56. The summed E-state index contributed by atoms with van der Waals surface area (Å²) in [7, 11) is 0. The van der Waals surface area contributed by atoms with Crippen molar-refractivity contribution in [1.29, 1.82) is 0 Å². The van der Waals surface area contributed by atoms with Crippen LogP contribution in [0.3, 0.4) is 0 Å². The zero-order valence-corrected chi connectivity index (χ0v) is 8.42. The average molecular weight is 187 g/mol. The molecule has 1 aromatic carbocycles. The molecule has 0 bridgehead atoms. The zero-order valence-electron chi connectivity index (χ0n) is 8.42. The normalized spacial score (nSPS) is 10.7. The molecular formula is C12H13NO. The smallest absolute Gasteiger partial charge is 0.124 e. The molecule has 0 saturated carbocycles. The number of aryl methyl sites for hydroxylation is 2. The summed E-state index contributed by atoms with van der Waals surface area (Å²) in [6.07, 6.45) is 1.45. The average Bonchev–Trinajstić information content (AvgIpc) is 2.45. The minimum Gasteiger partial charge on any atom is -0.358 e. The molecule has 2 rings (SSSR count). The number of benzene rings is 1. The molecule has 0 unspecified atom stereocenters. The number of rotatable bonds is 2. The van der Waals surface area contributed by atoms with Gasteiger partial charge in [-0.3, -0.25) is 0 Å². The van der Waals surface area contributed by atoms with Gasteiger partial charge >= 0.3 is 0 Å².